The molecule has 9 heteroatoms. The minimum Gasteiger partial charge on any atom is -0.287 e. The van der Waals surface area contributed by atoms with Gasteiger partial charge in [-0.05, 0) is 30.3 Å². The van der Waals surface area contributed by atoms with E-state index in [0.717, 1.165) is 11.6 Å². The topological polar surface area (TPSA) is 75.5 Å². The summed E-state index contributed by atoms with van der Waals surface area (Å²) in [4.78, 5) is 14.0. The average Bonchev–Trinajstić information content (AvgIpc) is 2.71. The number of aromatic nitrogens is 2. The summed E-state index contributed by atoms with van der Waals surface area (Å²) in [7, 11) is -3.72. The first kappa shape index (κ1) is 18.7. The number of hydrogen-bond donors (Lipinski definition) is 0. The van der Waals surface area contributed by atoms with Crippen LogP contribution in [0.2, 0.25) is 0 Å². The highest BCUT2D eigenvalue weighted by atomic mass is 32.2. The van der Waals surface area contributed by atoms with Gasteiger partial charge in [-0.25, -0.2) is 12.8 Å². The summed E-state index contributed by atoms with van der Waals surface area (Å²) in [6.07, 6.45) is 1.30. The molecule has 0 saturated carbocycles. The van der Waals surface area contributed by atoms with Gasteiger partial charge in [-0.3, -0.25) is 14.4 Å². The molecule has 0 aliphatic carbocycles. The van der Waals surface area contributed by atoms with E-state index in [-0.39, 0.29) is 10.3 Å². The molecule has 0 amide bonds. The van der Waals surface area contributed by atoms with Crippen LogP contribution in [0.1, 0.15) is 0 Å². The molecule has 1 saturated heterocycles. The molecule has 0 radical (unpaired) electrons. The molecule has 1 aromatic heterocycles. The number of sulfonamides is 1. The summed E-state index contributed by atoms with van der Waals surface area (Å²) in [5, 5.41) is 4.82. The molecule has 0 N–H and O–H groups in total. The predicted octanol–water partition coefficient (Wildman–Crippen LogP) is 1.50. The first-order valence-corrected chi connectivity index (χ1v) is 10.3. The van der Waals surface area contributed by atoms with E-state index >= 15 is 0 Å². The van der Waals surface area contributed by atoms with E-state index in [0.29, 0.717) is 38.2 Å². The molecule has 4 rings (SSSR count). The fourth-order valence-corrected chi connectivity index (χ4v) is 4.81. The summed E-state index contributed by atoms with van der Waals surface area (Å²) in [5.41, 5.74) is 0.614. The Balaban J connectivity index is 1.48. The van der Waals surface area contributed by atoms with Gasteiger partial charge < -0.3 is 0 Å². The molecule has 0 atom stereocenters. The van der Waals surface area contributed by atoms with E-state index in [1.54, 1.807) is 10.7 Å². The van der Waals surface area contributed by atoms with Gasteiger partial charge in [0.05, 0.1) is 23.3 Å². The monoisotopic (exact) mass is 402 g/mol. The Bertz CT molecular complexity index is 1170. The second-order valence-electron chi connectivity index (χ2n) is 6.65. The lowest BCUT2D eigenvalue weighted by Gasteiger charge is -2.34. The molecule has 1 fully saturated rings. The Morgan fingerprint density at radius 3 is 2.50 bits per heavy atom. The highest BCUT2D eigenvalue weighted by Crippen LogP contribution is 2.19. The maximum Gasteiger partial charge on any atom is 0.243 e. The van der Waals surface area contributed by atoms with Gasteiger partial charge in [-0.15, -0.1) is 0 Å². The Labute approximate surface area is 161 Å². The molecule has 1 aliphatic heterocycles. The van der Waals surface area contributed by atoms with E-state index in [1.165, 1.54) is 28.7 Å². The molecule has 0 spiro atoms. The Morgan fingerprint density at radius 1 is 1.00 bits per heavy atom. The first-order valence-electron chi connectivity index (χ1n) is 8.88. The number of hydrogen-bond acceptors (Lipinski definition) is 5. The minimum absolute atomic E-state index is 0.0333. The highest BCUT2D eigenvalue weighted by Gasteiger charge is 2.28. The van der Waals surface area contributed by atoms with Crippen LogP contribution in [0, 0.1) is 5.82 Å². The van der Waals surface area contributed by atoms with Crippen LogP contribution in [-0.4, -0.2) is 53.6 Å². The normalized spacial score (nSPS) is 16.5. The van der Waals surface area contributed by atoms with Gasteiger partial charge in [0.1, 0.15) is 5.82 Å². The number of fused-ring (bicyclic) bond motifs is 1. The van der Waals surface area contributed by atoms with Crippen molar-refractivity contribution >= 4 is 20.9 Å². The lowest BCUT2D eigenvalue weighted by Crippen LogP contribution is -2.49. The Kier molecular flexibility index (Phi) is 4.96. The van der Waals surface area contributed by atoms with Crippen LogP contribution >= 0.6 is 0 Å². The molecule has 2 aromatic carbocycles. The van der Waals surface area contributed by atoms with E-state index in [9.17, 15) is 17.6 Å². The summed E-state index contributed by atoms with van der Waals surface area (Å²) in [6, 6.07) is 12.3. The van der Waals surface area contributed by atoms with Crippen LogP contribution in [0.15, 0.2) is 64.4 Å². The third-order valence-corrected chi connectivity index (χ3v) is 6.76. The number of rotatable bonds is 4. The quantitative estimate of drug-likeness (QED) is 0.661. The SMILES string of the molecule is O=c1cnn(CN2CCN(S(=O)(=O)c3cccc(F)c3)CC2)c2ccccc12. The van der Waals surface area contributed by atoms with Crippen molar-refractivity contribution < 1.29 is 12.8 Å². The maximum atomic E-state index is 13.4. The van der Waals surface area contributed by atoms with Crippen LogP contribution in [0.4, 0.5) is 4.39 Å². The average molecular weight is 402 g/mol. The van der Waals surface area contributed by atoms with Crippen molar-refractivity contribution in [3.8, 4) is 0 Å². The van der Waals surface area contributed by atoms with Crippen molar-refractivity contribution in [1.29, 1.82) is 0 Å². The lowest BCUT2D eigenvalue weighted by molar-refractivity contribution is 0.147. The van der Waals surface area contributed by atoms with Gasteiger partial charge in [0.25, 0.3) is 0 Å². The Hall–Kier alpha value is -2.62. The first-order chi connectivity index (χ1) is 13.4. The molecular formula is C19H19FN4O3S. The van der Waals surface area contributed by atoms with Crippen LogP contribution in [0.3, 0.4) is 0 Å². The predicted molar refractivity (Wildman–Crippen MR) is 103 cm³/mol. The Morgan fingerprint density at radius 2 is 1.75 bits per heavy atom. The van der Waals surface area contributed by atoms with Gasteiger partial charge in [0, 0.05) is 31.6 Å². The highest BCUT2D eigenvalue weighted by molar-refractivity contribution is 7.89. The van der Waals surface area contributed by atoms with E-state index in [1.807, 2.05) is 18.2 Å². The fraction of sp³-hybridized carbons (Fsp3) is 0.263. The van der Waals surface area contributed by atoms with Crippen molar-refractivity contribution in [3.63, 3.8) is 0 Å². The van der Waals surface area contributed by atoms with Crippen molar-refractivity contribution in [2.45, 2.75) is 11.6 Å². The number of halogens is 1. The lowest BCUT2D eigenvalue weighted by atomic mass is 10.2. The van der Waals surface area contributed by atoms with E-state index < -0.39 is 15.8 Å². The summed E-state index contributed by atoms with van der Waals surface area (Å²) in [6.45, 7) is 2.08. The van der Waals surface area contributed by atoms with Crippen molar-refractivity contribution in [2.24, 2.45) is 0 Å². The van der Waals surface area contributed by atoms with E-state index in [4.69, 9.17) is 0 Å². The molecule has 0 unspecified atom stereocenters. The molecule has 146 valence electrons. The van der Waals surface area contributed by atoms with Gasteiger partial charge in [-0.1, -0.05) is 18.2 Å². The van der Waals surface area contributed by atoms with Crippen LogP contribution < -0.4 is 5.43 Å². The summed E-state index contributed by atoms with van der Waals surface area (Å²) in [5.74, 6) is -0.573. The van der Waals surface area contributed by atoms with Crippen molar-refractivity contribution in [1.82, 2.24) is 19.0 Å². The van der Waals surface area contributed by atoms with Crippen LogP contribution in [0.25, 0.3) is 10.9 Å². The summed E-state index contributed by atoms with van der Waals surface area (Å²) >= 11 is 0. The molecule has 1 aliphatic rings. The standard InChI is InChI=1S/C19H19FN4O3S/c20-15-4-3-5-16(12-15)28(26,27)23-10-8-22(9-11-23)14-24-18-7-2-1-6-17(18)19(25)13-21-24/h1-7,12-13H,8-11,14H2. The van der Waals surface area contributed by atoms with Gasteiger partial charge in [-0.2, -0.15) is 9.40 Å². The molecule has 28 heavy (non-hydrogen) atoms. The van der Waals surface area contributed by atoms with Gasteiger partial charge in [0.2, 0.25) is 15.5 Å². The third-order valence-electron chi connectivity index (χ3n) is 4.86. The zero-order valence-electron chi connectivity index (χ0n) is 15.0. The van der Waals surface area contributed by atoms with Gasteiger partial charge >= 0.3 is 0 Å². The number of piperazine rings is 1. The van der Waals surface area contributed by atoms with Gasteiger partial charge in [0.15, 0.2) is 0 Å². The zero-order valence-corrected chi connectivity index (χ0v) is 15.8. The number of benzene rings is 2. The third kappa shape index (κ3) is 3.56. The van der Waals surface area contributed by atoms with Crippen LogP contribution in [-0.2, 0) is 16.7 Å². The van der Waals surface area contributed by atoms with Crippen molar-refractivity contribution in [2.75, 3.05) is 26.2 Å². The fourth-order valence-electron chi connectivity index (χ4n) is 3.35. The number of para-hydroxylation sites is 1. The molecule has 3 aromatic rings. The second kappa shape index (κ2) is 7.42. The van der Waals surface area contributed by atoms with Crippen LogP contribution in [0.5, 0.6) is 0 Å². The zero-order chi connectivity index (χ0) is 19.7. The van der Waals surface area contributed by atoms with Crippen molar-refractivity contribution in [3.05, 3.63) is 70.8 Å². The largest absolute Gasteiger partial charge is 0.287 e. The molecule has 7 nitrogen and oxygen atoms in total. The second-order valence-corrected chi connectivity index (χ2v) is 8.58. The smallest absolute Gasteiger partial charge is 0.243 e. The molecule has 0 bridgehead atoms. The minimum atomic E-state index is -3.72. The van der Waals surface area contributed by atoms with E-state index in [2.05, 4.69) is 10.00 Å². The summed E-state index contributed by atoms with van der Waals surface area (Å²) < 4.78 is 41.9. The number of nitrogens with zero attached hydrogens (tertiary/aromatic N) is 4. The maximum absolute atomic E-state index is 13.4. The molecular weight excluding hydrogens is 383 g/mol. The molecule has 2 heterocycles.